The van der Waals surface area contributed by atoms with Gasteiger partial charge in [0.2, 0.25) is 0 Å². The Balaban J connectivity index is 2.53. The molecule has 0 bridgehead atoms. The summed E-state index contributed by atoms with van der Waals surface area (Å²) in [4.78, 5) is 13.4. The maximum Gasteiger partial charge on any atom is 0.307 e. The molecule has 1 aromatic rings. The second-order valence-corrected chi connectivity index (χ2v) is 5.99. The van der Waals surface area contributed by atoms with Crippen molar-refractivity contribution in [3.8, 4) is 6.07 Å². The molecule has 0 unspecified atom stereocenters. The first-order valence-electron chi connectivity index (χ1n) is 6.80. The van der Waals surface area contributed by atoms with Crippen LogP contribution in [0.3, 0.4) is 0 Å². The van der Waals surface area contributed by atoms with E-state index in [1.165, 1.54) is 18.2 Å². The van der Waals surface area contributed by atoms with Crippen molar-refractivity contribution in [2.45, 2.75) is 39.3 Å². The number of nitrogens with zero attached hydrogens (tertiary/aromatic N) is 2. The fraction of sp³-hybridized carbons (Fsp3) is 0.500. The number of hydrogen-bond acceptors (Lipinski definition) is 4. The van der Waals surface area contributed by atoms with E-state index in [2.05, 4.69) is 0 Å². The van der Waals surface area contributed by atoms with Crippen molar-refractivity contribution in [1.82, 2.24) is 4.90 Å². The summed E-state index contributed by atoms with van der Waals surface area (Å²) in [5.74, 6) is -0.626. The highest BCUT2D eigenvalue weighted by molar-refractivity contribution is 5.70. The predicted octanol–water partition coefficient (Wildman–Crippen LogP) is 2.86. The summed E-state index contributed by atoms with van der Waals surface area (Å²) < 4.78 is 18.9. The van der Waals surface area contributed by atoms with Crippen LogP contribution in [0.2, 0.25) is 0 Å². The molecule has 0 amide bonds. The number of carbonyl (C=O) groups is 1. The molecule has 0 aliphatic rings. The van der Waals surface area contributed by atoms with E-state index < -0.39 is 5.60 Å². The lowest BCUT2D eigenvalue weighted by molar-refractivity contribution is -0.155. The first-order chi connectivity index (χ1) is 9.71. The maximum absolute atomic E-state index is 13.7. The van der Waals surface area contributed by atoms with Gasteiger partial charge in [-0.05, 0) is 46.0 Å². The van der Waals surface area contributed by atoms with Crippen LogP contribution in [0.1, 0.15) is 38.3 Å². The zero-order chi connectivity index (χ0) is 16.0. The Morgan fingerprint density at radius 2 is 2.10 bits per heavy atom. The summed E-state index contributed by atoms with van der Waals surface area (Å²) >= 11 is 0. The predicted molar refractivity (Wildman–Crippen MR) is 77.9 cm³/mol. The number of benzene rings is 1. The van der Waals surface area contributed by atoms with Gasteiger partial charge in [-0.15, -0.1) is 0 Å². The minimum atomic E-state index is -0.497. The third-order valence-corrected chi connectivity index (χ3v) is 2.73. The Labute approximate surface area is 125 Å². The molecular formula is C16H21FN2O2. The zero-order valence-corrected chi connectivity index (χ0v) is 12.9. The minimum absolute atomic E-state index is 0.243. The minimum Gasteiger partial charge on any atom is -0.460 e. The second-order valence-electron chi connectivity index (χ2n) is 5.99. The molecule has 5 heteroatoms. The standard InChI is InChI=1S/C16H21FN2O2/c1-16(2,3)21-15(20)7-8-19(4)11-13-9-12(10-18)5-6-14(13)17/h5-6,9H,7-8,11H2,1-4H3. The summed E-state index contributed by atoms with van der Waals surface area (Å²) in [5, 5.41) is 8.82. The number of carbonyl (C=O) groups excluding carboxylic acids is 1. The summed E-state index contributed by atoms with van der Waals surface area (Å²) in [6.45, 7) is 6.25. The van der Waals surface area contributed by atoms with Crippen LogP contribution in [0.5, 0.6) is 0 Å². The highest BCUT2D eigenvalue weighted by Crippen LogP contribution is 2.13. The van der Waals surface area contributed by atoms with Crippen molar-refractivity contribution < 1.29 is 13.9 Å². The Bertz CT molecular complexity index is 544. The third kappa shape index (κ3) is 6.37. The van der Waals surface area contributed by atoms with Crippen molar-refractivity contribution in [3.63, 3.8) is 0 Å². The molecule has 0 aliphatic heterocycles. The van der Waals surface area contributed by atoms with E-state index in [1.807, 2.05) is 31.7 Å². The van der Waals surface area contributed by atoms with Gasteiger partial charge in [0.25, 0.3) is 0 Å². The first kappa shape index (κ1) is 17.1. The molecule has 0 atom stereocenters. The van der Waals surface area contributed by atoms with E-state index in [1.54, 1.807) is 7.05 Å². The molecule has 0 radical (unpaired) electrons. The molecule has 0 aromatic heterocycles. The second kappa shape index (κ2) is 7.19. The van der Waals surface area contributed by atoms with E-state index in [9.17, 15) is 9.18 Å². The Kier molecular flexibility index (Phi) is 5.86. The van der Waals surface area contributed by atoms with Crippen LogP contribution in [0.4, 0.5) is 4.39 Å². The van der Waals surface area contributed by atoms with E-state index in [0.29, 0.717) is 24.2 Å². The van der Waals surface area contributed by atoms with Gasteiger partial charge in [-0.2, -0.15) is 5.26 Å². The normalized spacial score (nSPS) is 11.3. The maximum atomic E-state index is 13.7. The van der Waals surface area contributed by atoms with Gasteiger partial charge in [-0.1, -0.05) is 0 Å². The van der Waals surface area contributed by atoms with E-state index >= 15 is 0 Å². The SMILES string of the molecule is CN(CCC(=O)OC(C)(C)C)Cc1cc(C#N)ccc1F. The highest BCUT2D eigenvalue weighted by atomic mass is 19.1. The van der Waals surface area contributed by atoms with Crippen LogP contribution in [0.25, 0.3) is 0 Å². The fourth-order valence-corrected chi connectivity index (χ4v) is 1.81. The number of halogens is 1. The van der Waals surface area contributed by atoms with Crippen LogP contribution in [0, 0.1) is 17.1 Å². The van der Waals surface area contributed by atoms with Crippen molar-refractivity contribution in [3.05, 3.63) is 35.1 Å². The zero-order valence-electron chi connectivity index (χ0n) is 12.9. The first-order valence-corrected chi connectivity index (χ1v) is 6.80. The Morgan fingerprint density at radius 1 is 1.43 bits per heavy atom. The van der Waals surface area contributed by atoms with Crippen LogP contribution < -0.4 is 0 Å². The lowest BCUT2D eigenvalue weighted by Gasteiger charge is -2.21. The van der Waals surface area contributed by atoms with Gasteiger partial charge in [-0.25, -0.2) is 4.39 Å². The smallest absolute Gasteiger partial charge is 0.307 e. The van der Waals surface area contributed by atoms with Gasteiger partial charge in [0.1, 0.15) is 11.4 Å². The lowest BCUT2D eigenvalue weighted by atomic mass is 10.1. The van der Waals surface area contributed by atoms with Gasteiger partial charge in [-0.3, -0.25) is 4.79 Å². The Morgan fingerprint density at radius 3 is 2.67 bits per heavy atom. The van der Waals surface area contributed by atoms with Crippen molar-refractivity contribution in [1.29, 1.82) is 5.26 Å². The molecule has 0 fully saturated rings. The number of esters is 1. The van der Waals surface area contributed by atoms with Gasteiger partial charge >= 0.3 is 5.97 Å². The lowest BCUT2D eigenvalue weighted by Crippen LogP contribution is -2.27. The quantitative estimate of drug-likeness (QED) is 0.783. The van der Waals surface area contributed by atoms with Gasteiger partial charge in [0.05, 0.1) is 18.1 Å². The molecule has 0 N–H and O–H groups in total. The number of nitriles is 1. The molecule has 0 heterocycles. The van der Waals surface area contributed by atoms with Crippen LogP contribution >= 0.6 is 0 Å². The average Bonchev–Trinajstić information content (AvgIpc) is 2.37. The van der Waals surface area contributed by atoms with Gasteiger partial charge in [0, 0.05) is 18.7 Å². The number of rotatable bonds is 5. The molecular weight excluding hydrogens is 271 g/mol. The van der Waals surface area contributed by atoms with Gasteiger partial charge < -0.3 is 9.64 Å². The van der Waals surface area contributed by atoms with Crippen molar-refractivity contribution in [2.75, 3.05) is 13.6 Å². The molecule has 0 aliphatic carbocycles. The van der Waals surface area contributed by atoms with Crippen LogP contribution in [-0.2, 0) is 16.1 Å². The molecule has 0 spiro atoms. The van der Waals surface area contributed by atoms with E-state index in [0.717, 1.165) is 0 Å². The van der Waals surface area contributed by atoms with Gasteiger partial charge in [0.15, 0.2) is 0 Å². The van der Waals surface area contributed by atoms with Crippen LogP contribution in [0.15, 0.2) is 18.2 Å². The van der Waals surface area contributed by atoms with Crippen molar-refractivity contribution >= 4 is 5.97 Å². The monoisotopic (exact) mass is 292 g/mol. The van der Waals surface area contributed by atoms with Crippen LogP contribution in [-0.4, -0.2) is 30.1 Å². The number of ether oxygens (including phenoxy) is 1. The van der Waals surface area contributed by atoms with E-state index in [4.69, 9.17) is 10.00 Å². The largest absolute Gasteiger partial charge is 0.460 e. The summed E-state index contributed by atoms with van der Waals surface area (Å²) in [6.07, 6.45) is 0.243. The highest BCUT2D eigenvalue weighted by Gasteiger charge is 2.16. The Hall–Kier alpha value is -1.93. The molecule has 0 saturated heterocycles. The van der Waals surface area contributed by atoms with E-state index in [-0.39, 0.29) is 18.2 Å². The fourth-order valence-electron chi connectivity index (χ4n) is 1.81. The van der Waals surface area contributed by atoms with Crippen molar-refractivity contribution in [2.24, 2.45) is 0 Å². The molecule has 21 heavy (non-hydrogen) atoms. The molecule has 1 aromatic carbocycles. The topological polar surface area (TPSA) is 53.3 Å². The molecule has 4 nitrogen and oxygen atoms in total. The molecule has 0 saturated carbocycles. The third-order valence-electron chi connectivity index (χ3n) is 2.73. The molecule has 114 valence electrons. The summed E-state index contributed by atoms with van der Waals surface area (Å²) in [7, 11) is 1.79. The summed E-state index contributed by atoms with van der Waals surface area (Å²) in [6, 6.07) is 6.24. The molecule has 1 rings (SSSR count). The average molecular weight is 292 g/mol. The number of hydrogen-bond donors (Lipinski definition) is 0. The summed E-state index contributed by atoms with van der Waals surface area (Å²) in [5.41, 5.74) is 0.371.